The maximum atomic E-state index is 13.7. The highest BCUT2D eigenvalue weighted by Crippen LogP contribution is 2.22. The van der Waals surface area contributed by atoms with E-state index in [-0.39, 0.29) is 22.0 Å². The van der Waals surface area contributed by atoms with E-state index in [9.17, 15) is 9.18 Å². The summed E-state index contributed by atoms with van der Waals surface area (Å²) in [5.74, 6) is -1.16. The largest absolute Gasteiger partial charge is 0.383 e. The van der Waals surface area contributed by atoms with Crippen molar-refractivity contribution in [2.24, 2.45) is 0 Å². The number of carbonyl (C=O) groups is 1. The zero-order valence-corrected chi connectivity index (χ0v) is 11.3. The molecule has 2 aromatic rings. The summed E-state index contributed by atoms with van der Waals surface area (Å²) in [6.07, 6.45) is 1.33. The minimum absolute atomic E-state index is 0.0201. The van der Waals surface area contributed by atoms with Gasteiger partial charge in [0.2, 0.25) is 0 Å². The van der Waals surface area contributed by atoms with Gasteiger partial charge in [-0.2, -0.15) is 0 Å². The zero-order chi connectivity index (χ0) is 13.3. The maximum absolute atomic E-state index is 13.7. The van der Waals surface area contributed by atoms with Crippen molar-refractivity contribution >= 4 is 39.1 Å². The predicted molar refractivity (Wildman–Crippen MR) is 71.2 cm³/mol. The molecule has 0 fully saturated rings. The number of anilines is 1. The Morgan fingerprint density at radius 3 is 2.72 bits per heavy atom. The number of rotatable bonds is 2. The molecule has 6 heteroatoms. The van der Waals surface area contributed by atoms with Crippen molar-refractivity contribution in [3.8, 4) is 0 Å². The first-order chi connectivity index (χ1) is 8.49. The van der Waals surface area contributed by atoms with Gasteiger partial charge in [-0.05, 0) is 24.3 Å². The summed E-state index contributed by atoms with van der Waals surface area (Å²) < 4.78 is 14.2. The van der Waals surface area contributed by atoms with Crippen LogP contribution >= 0.6 is 27.5 Å². The summed E-state index contributed by atoms with van der Waals surface area (Å²) in [6, 6.07) is 5.53. The molecule has 2 rings (SSSR count). The van der Waals surface area contributed by atoms with E-state index in [0.29, 0.717) is 4.47 Å². The van der Waals surface area contributed by atoms with Gasteiger partial charge in [0, 0.05) is 10.7 Å². The van der Waals surface area contributed by atoms with Gasteiger partial charge in [-0.3, -0.25) is 4.79 Å². The van der Waals surface area contributed by atoms with Gasteiger partial charge in [0.25, 0.3) is 0 Å². The number of benzene rings is 1. The smallest absolute Gasteiger partial charge is 0.199 e. The van der Waals surface area contributed by atoms with Gasteiger partial charge in [0.05, 0.1) is 16.1 Å². The van der Waals surface area contributed by atoms with Gasteiger partial charge in [0.15, 0.2) is 5.78 Å². The fourth-order valence-corrected chi connectivity index (χ4v) is 1.94. The summed E-state index contributed by atoms with van der Waals surface area (Å²) in [5, 5.41) is 0.269. The monoisotopic (exact) mass is 328 g/mol. The van der Waals surface area contributed by atoms with Crippen LogP contribution in [-0.2, 0) is 0 Å². The van der Waals surface area contributed by atoms with Crippen LogP contribution in [0.2, 0.25) is 5.02 Å². The molecule has 1 aromatic carbocycles. The highest BCUT2D eigenvalue weighted by atomic mass is 79.9. The molecule has 0 aliphatic rings. The lowest BCUT2D eigenvalue weighted by molar-refractivity contribution is 0.103. The Hall–Kier alpha value is -1.46. The van der Waals surface area contributed by atoms with E-state index in [1.807, 2.05) is 0 Å². The Kier molecular flexibility index (Phi) is 3.63. The Bertz CT molecular complexity index is 633. The third-order valence-electron chi connectivity index (χ3n) is 2.31. The zero-order valence-electron chi connectivity index (χ0n) is 8.95. The fraction of sp³-hybridized carbons (Fsp3) is 0. The summed E-state index contributed by atoms with van der Waals surface area (Å²) in [4.78, 5) is 15.9. The second-order valence-corrected chi connectivity index (χ2v) is 4.89. The molecule has 92 valence electrons. The van der Waals surface area contributed by atoms with Crippen LogP contribution in [0.1, 0.15) is 15.9 Å². The van der Waals surface area contributed by atoms with E-state index in [4.69, 9.17) is 17.3 Å². The molecule has 0 aliphatic carbocycles. The van der Waals surface area contributed by atoms with Crippen molar-refractivity contribution < 1.29 is 9.18 Å². The first kappa shape index (κ1) is 13.0. The van der Waals surface area contributed by atoms with Crippen LogP contribution < -0.4 is 5.73 Å². The Morgan fingerprint density at radius 2 is 2.06 bits per heavy atom. The number of pyridine rings is 1. The van der Waals surface area contributed by atoms with Crippen LogP contribution in [0.15, 0.2) is 34.9 Å². The second kappa shape index (κ2) is 5.04. The van der Waals surface area contributed by atoms with E-state index < -0.39 is 11.6 Å². The molecule has 1 heterocycles. The van der Waals surface area contributed by atoms with Gasteiger partial charge >= 0.3 is 0 Å². The lowest BCUT2D eigenvalue weighted by atomic mass is 10.0. The first-order valence-electron chi connectivity index (χ1n) is 4.90. The summed E-state index contributed by atoms with van der Waals surface area (Å²) in [5.41, 5.74) is 5.60. The summed E-state index contributed by atoms with van der Waals surface area (Å²) in [6.45, 7) is 0. The Balaban J connectivity index is 2.51. The number of carbonyl (C=O) groups excluding carboxylic acids is 1. The number of hydrogen-bond acceptors (Lipinski definition) is 3. The van der Waals surface area contributed by atoms with Gasteiger partial charge in [-0.25, -0.2) is 9.37 Å². The molecule has 0 unspecified atom stereocenters. The van der Waals surface area contributed by atoms with E-state index in [2.05, 4.69) is 20.9 Å². The molecule has 0 amide bonds. The SMILES string of the molecule is Nc1ncc(Cl)cc1C(=O)c1ccc(Br)cc1F. The quantitative estimate of drug-likeness (QED) is 0.859. The van der Waals surface area contributed by atoms with Gasteiger partial charge in [0.1, 0.15) is 11.6 Å². The minimum Gasteiger partial charge on any atom is -0.383 e. The third-order valence-corrected chi connectivity index (χ3v) is 3.01. The highest BCUT2D eigenvalue weighted by molar-refractivity contribution is 9.10. The number of nitrogen functional groups attached to an aromatic ring is 1. The first-order valence-corrected chi connectivity index (χ1v) is 6.07. The molecule has 0 atom stereocenters. The highest BCUT2D eigenvalue weighted by Gasteiger charge is 2.17. The number of nitrogens with zero attached hydrogens (tertiary/aromatic N) is 1. The summed E-state index contributed by atoms with van der Waals surface area (Å²) in [7, 11) is 0. The van der Waals surface area contributed by atoms with Crippen molar-refractivity contribution in [1.29, 1.82) is 0 Å². The van der Waals surface area contributed by atoms with Crippen molar-refractivity contribution in [3.63, 3.8) is 0 Å². The van der Waals surface area contributed by atoms with E-state index in [1.54, 1.807) is 6.07 Å². The third kappa shape index (κ3) is 2.52. The Labute approximate surface area is 116 Å². The molecule has 0 saturated carbocycles. The van der Waals surface area contributed by atoms with Crippen LogP contribution in [-0.4, -0.2) is 10.8 Å². The number of aromatic nitrogens is 1. The standard InChI is InChI=1S/C12H7BrClFN2O/c13-6-1-2-8(10(15)3-6)11(18)9-4-7(14)5-17-12(9)16/h1-5H,(H2,16,17). The van der Waals surface area contributed by atoms with E-state index >= 15 is 0 Å². The lowest BCUT2D eigenvalue weighted by Crippen LogP contribution is -2.08. The van der Waals surface area contributed by atoms with Crippen LogP contribution in [0.4, 0.5) is 10.2 Å². The van der Waals surface area contributed by atoms with Gasteiger partial charge < -0.3 is 5.73 Å². The lowest BCUT2D eigenvalue weighted by Gasteiger charge is -2.06. The molecule has 0 spiro atoms. The number of halogens is 3. The van der Waals surface area contributed by atoms with Crippen molar-refractivity contribution in [1.82, 2.24) is 4.98 Å². The summed E-state index contributed by atoms with van der Waals surface area (Å²) >= 11 is 8.86. The normalized spacial score (nSPS) is 10.4. The Morgan fingerprint density at radius 1 is 1.33 bits per heavy atom. The molecule has 1 aromatic heterocycles. The van der Waals surface area contributed by atoms with E-state index in [0.717, 1.165) is 0 Å². The molecule has 0 radical (unpaired) electrons. The van der Waals surface area contributed by atoms with Crippen molar-refractivity contribution in [3.05, 3.63) is 56.9 Å². The second-order valence-electron chi connectivity index (χ2n) is 3.54. The molecule has 0 aliphatic heterocycles. The molecule has 0 bridgehead atoms. The van der Waals surface area contributed by atoms with Crippen LogP contribution in [0.3, 0.4) is 0 Å². The fourth-order valence-electron chi connectivity index (χ4n) is 1.45. The van der Waals surface area contributed by atoms with E-state index in [1.165, 1.54) is 24.4 Å². The van der Waals surface area contributed by atoms with Crippen LogP contribution in [0.25, 0.3) is 0 Å². The van der Waals surface area contributed by atoms with Crippen molar-refractivity contribution in [2.75, 3.05) is 5.73 Å². The molecule has 2 N–H and O–H groups in total. The number of ketones is 1. The molecular weight excluding hydrogens is 322 g/mol. The molecule has 0 saturated heterocycles. The molecular formula is C12H7BrClFN2O. The maximum Gasteiger partial charge on any atom is 0.199 e. The molecule has 3 nitrogen and oxygen atoms in total. The topological polar surface area (TPSA) is 56.0 Å². The van der Waals surface area contributed by atoms with Crippen LogP contribution in [0, 0.1) is 5.82 Å². The molecule has 18 heavy (non-hydrogen) atoms. The minimum atomic E-state index is -0.631. The van der Waals surface area contributed by atoms with Crippen molar-refractivity contribution in [2.45, 2.75) is 0 Å². The number of nitrogens with two attached hydrogens (primary N) is 1. The van der Waals surface area contributed by atoms with Crippen LogP contribution in [0.5, 0.6) is 0 Å². The average Bonchev–Trinajstić information content (AvgIpc) is 2.31. The van der Waals surface area contributed by atoms with Gasteiger partial charge in [-0.1, -0.05) is 27.5 Å². The predicted octanol–water partition coefficient (Wildman–Crippen LogP) is 3.45. The number of hydrogen-bond donors (Lipinski definition) is 1. The average molecular weight is 330 g/mol. The van der Waals surface area contributed by atoms with Gasteiger partial charge in [-0.15, -0.1) is 0 Å².